The van der Waals surface area contributed by atoms with E-state index >= 15 is 0 Å². The molecule has 144 valence electrons. The maximum atomic E-state index is 12.6. The molecule has 1 amide bonds. The first kappa shape index (κ1) is 20.1. The Kier molecular flexibility index (Phi) is 6.72. The summed E-state index contributed by atoms with van der Waals surface area (Å²) in [7, 11) is 0. The van der Waals surface area contributed by atoms with Crippen molar-refractivity contribution in [2.75, 3.05) is 5.75 Å². The van der Waals surface area contributed by atoms with Gasteiger partial charge in [-0.1, -0.05) is 55.8 Å². The lowest BCUT2D eigenvalue weighted by Crippen LogP contribution is -2.44. The molecule has 1 heterocycles. The lowest BCUT2D eigenvalue weighted by atomic mass is 9.83. The molecular formula is C22H26ClNO2S. The monoisotopic (exact) mass is 403 g/mol. The summed E-state index contributed by atoms with van der Waals surface area (Å²) < 4.78 is 6.31. The molecule has 1 aliphatic rings. The molecule has 0 radical (unpaired) electrons. The van der Waals surface area contributed by atoms with E-state index in [-0.39, 0.29) is 17.6 Å². The zero-order valence-corrected chi connectivity index (χ0v) is 17.4. The van der Waals surface area contributed by atoms with Gasteiger partial charge in [-0.05, 0) is 36.6 Å². The highest BCUT2D eigenvalue weighted by atomic mass is 35.5. The average molecular weight is 404 g/mol. The zero-order chi connectivity index (χ0) is 19.3. The molecule has 2 aromatic rings. The van der Waals surface area contributed by atoms with Gasteiger partial charge in [0.1, 0.15) is 11.4 Å². The zero-order valence-electron chi connectivity index (χ0n) is 15.8. The molecule has 27 heavy (non-hydrogen) atoms. The number of fused-ring (bicyclic) bond motifs is 1. The van der Waals surface area contributed by atoms with Crippen LogP contribution < -0.4 is 10.1 Å². The Hall–Kier alpha value is -1.65. The summed E-state index contributed by atoms with van der Waals surface area (Å²) in [6, 6.07) is 15.8. The van der Waals surface area contributed by atoms with Gasteiger partial charge >= 0.3 is 0 Å². The van der Waals surface area contributed by atoms with E-state index in [0.29, 0.717) is 5.75 Å². The van der Waals surface area contributed by atoms with Gasteiger partial charge in [0.05, 0.1) is 11.8 Å². The largest absolute Gasteiger partial charge is 0.487 e. The SMILES string of the molecule is CCC1(CC)C[C@@H](NC(=O)CSCc2ccc(Cl)cc2)c2ccccc2O1. The molecule has 1 atom stereocenters. The summed E-state index contributed by atoms with van der Waals surface area (Å²) in [5.41, 5.74) is 2.04. The van der Waals surface area contributed by atoms with Gasteiger partial charge in [0.25, 0.3) is 0 Å². The molecule has 0 saturated heterocycles. The van der Waals surface area contributed by atoms with Crippen molar-refractivity contribution in [3.63, 3.8) is 0 Å². The summed E-state index contributed by atoms with van der Waals surface area (Å²) >= 11 is 7.53. The summed E-state index contributed by atoms with van der Waals surface area (Å²) in [6.45, 7) is 4.30. The minimum atomic E-state index is -0.206. The second kappa shape index (κ2) is 9.03. The van der Waals surface area contributed by atoms with Gasteiger partial charge in [0.15, 0.2) is 0 Å². The van der Waals surface area contributed by atoms with Gasteiger partial charge in [-0.25, -0.2) is 0 Å². The third-order valence-corrected chi connectivity index (χ3v) is 6.49. The van der Waals surface area contributed by atoms with E-state index in [1.54, 1.807) is 11.8 Å². The van der Waals surface area contributed by atoms with Crippen molar-refractivity contribution < 1.29 is 9.53 Å². The van der Waals surface area contributed by atoms with Gasteiger partial charge in [0, 0.05) is 22.8 Å². The highest BCUT2D eigenvalue weighted by molar-refractivity contribution is 7.99. The van der Waals surface area contributed by atoms with Crippen LogP contribution in [0.5, 0.6) is 5.75 Å². The number of hydrogen-bond donors (Lipinski definition) is 1. The van der Waals surface area contributed by atoms with Gasteiger partial charge in [-0.15, -0.1) is 11.8 Å². The second-order valence-electron chi connectivity index (χ2n) is 6.97. The number of carbonyl (C=O) groups is 1. The predicted octanol–water partition coefficient (Wildman–Crippen LogP) is 5.77. The minimum absolute atomic E-state index is 0.00141. The molecular weight excluding hydrogens is 378 g/mol. The number of thioether (sulfide) groups is 1. The number of benzene rings is 2. The Morgan fingerprint density at radius 3 is 2.59 bits per heavy atom. The summed E-state index contributed by atoms with van der Waals surface area (Å²) in [5.74, 6) is 2.19. The van der Waals surface area contributed by atoms with E-state index in [4.69, 9.17) is 16.3 Å². The lowest BCUT2D eigenvalue weighted by Gasteiger charge is -2.41. The molecule has 1 N–H and O–H groups in total. The maximum Gasteiger partial charge on any atom is 0.230 e. The van der Waals surface area contributed by atoms with Gasteiger partial charge in [-0.3, -0.25) is 4.79 Å². The van der Waals surface area contributed by atoms with E-state index in [2.05, 4.69) is 25.2 Å². The van der Waals surface area contributed by atoms with Crippen molar-refractivity contribution in [3.05, 3.63) is 64.7 Å². The molecule has 0 unspecified atom stereocenters. The summed E-state index contributed by atoms with van der Waals surface area (Å²) in [6.07, 6.45) is 2.66. The maximum absolute atomic E-state index is 12.6. The standard InChI is InChI=1S/C22H26ClNO2S/c1-3-22(4-2)13-19(18-7-5-6-8-20(18)26-22)24-21(25)15-27-14-16-9-11-17(23)12-10-16/h5-12,19H,3-4,13-15H2,1-2H3,(H,24,25)/t19-/m1/s1. The number of hydrogen-bond acceptors (Lipinski definition) is 3. The van der Waals surface area contributed by atoms with Crippen LogP contribution in [0.15, 0.2) is 48.5 Å². The molecule has 2 aromatic carbocycles. The number of para-hydroxylation sites is 1. The fourth-order valence-corrected chi connectivity index (χ4v) is 4.43. The van der Waals surface area contributed by atoms with Gasteiger partial charge < -0.3 is 10.1 Å². The van der Waals surface area contributed by atoms with Crippen LogP contribution in [0.25, 0.3) is 0 Å². The minimum Gasteiger partial charge on any atom is -0.487 e. The van der Waals surface area contributed by atoms with Crippen molar-refractivity contribution in [1.29, 1.82) is 0 Å². The summed E-state index contributed by atoms with van der Waals surface area (Å²) in [5, 5.41) is 3.96. The normalized spacial score (nSPS) is 17.7. The molecule has 1 aliphatic heterocycles. The van der Waals surface area contributed by atoms with Crippen LogP contribution in [0.4, 0.5) is 0 Å². The highest BCUT2D eigenvalue weighted by Crippen LogP contribution is 2.42. The van der Waals surface area contributed by atoms with Crippen LogP contribution >= 0.6 is 23.4 Å². The first-order chi connectivity index (χ1) is 13.0. The molecule has 3 rings (SSSR count). The molecule has 0 fully saturated rings. The average Bonchev–Trinajstić information content (AvgIpc) is 2.69. The first-order valence-electron chi connectivity index (χ1n) is 9.45. The fraction of sp³-hybridized carbons (Fsp3) is 0.409. The molecule has 0 aliphatic carbocycles. The molecule has 0 spiro atoms. The number of ether oxygens (including phenoxy) is 1. The van der Waals surface area contributed by atoms with E-state index in [0.717, 1.165) is 41.4 Å². The molecule has 3 nitrogen and oxygen atoms in total. The van der Waals surface area contributed by atoms with Crippen LogP contribution in [-0.4, -0.2) is 17.3 Å². The van der Waals surface area contributed by atoms with E-state index in [9.17, 15) is 4.79 Å². The Morgan fingerprint density at radius 1 is 1.19 bits per heavy atom. The number of carbonyl (C=O) groups excluding carboxylic acids is 1. The van der Waals surface area contributed by atoms with Crippen LogP contribution in [0.2, 0.25) is 5.02 Å². The number of nitrogens with one attached hydrogen (secondary N) is 1. The smallest absolute Gasteiger partial charge is 0.230 e. The Morgan fingerprint density at radius 2 is 1.89 bits per heavy atom. The molecule has 0 bridgehead atoms. The highest BCUT2D eigenvalue weighted by Gasteiger charge is 2.38. The summed E-state index contributed by atoms with van der Waals surface area (Å²) in [4.78, 5) is 12.6. The van der Waals surface area contributed by atoms with Crippen molar-refractivity contribution in [2.24, 2.45) is 0 Å². The molecule has 0 saturated carbocycles. The number of halogens is 1. The predicted molar refractivity (Wildman–Crippen MR) is 113 cm³/mol. The van der Waals surface area contributed by atoms with Crippen LogP contribution in [0, 0.1) is 0 Å². The third kappa shape index (κ3) is 4.99. The van der Waals surface area contributed by atoms with Crippen LogP contribution in [0.1, 0.15) is 50.3 Å². The third-order valence-electron chi connectivity index (χ3n) is 5.24. The topological polar surface area (TPSA) is 38.3 Å². The van der Waals surface area contributed by atoms with E-state index in [1.165, 1.54) is 5.56 Å². The molecule has 0 aromatic heterocycles. The van der Waals surface area contributed by atoms with Crippen LogP contribution in [-0.2, 0) is 10.5 Å². The lowest BCUT2D eigenvalue weighted by molar-refractivity contribution is -0.120. The van der Waals surface area contributed by atoms with Gasteiger partial charge in [-0.2, -0.15) is 0 Å². The van der Waals surface area contributed by atoms with Gasteiger partial charge in [0.2, 0.25) is 5.91 Å². The Bertz CT molecular complexity index is 774. The van der Waals surface area contributed by atoms with E-state index < -0.39 is 0 Å². The van der Waals surface area contributed by atoms with Crippen LogP contribution in [0.3, 0.4) is 0 Å². The Labute approximate surface area is 170 Å². The van der Waals surface area contributed by atoms with Crippen molar-refractivity contribution in [1.82, 2.24) is 5.32 Å². The van der Waals surface area contributed by atoms with Crippen molar-refractivity contribution in [2.45, 2.75) is 50.5 Å². The number of rotatable bonds is 7. The first-order valence-corrected chi connectivity index (χ1v) is 11.0. The second-order valence-corrected chi connectivity index (χ2v) is 8.40. The Balaban J connectivity index is 1.61. The van der Waals surface area contributed by atoms with Crippen molar-refractivity contribution >= 4 is 29.3 Å². The quantitative estimate of drug-likeness (QED) is 0.637. The fourth-order valence-electron chi connectivity index (χ4n) is 3.51. The van der Waals surface area contributed by atoms with Crippen molar-refractivity contribution in [3.8, 4) is 5.75 Å². The number of amides is 1. The van der Waals surface area contributed by atoms with E-state index in [1.807, 2.05) is 42.5 Å². The molecule has 5 heteroatoms.